The van der Waals surface area contributed by atoms with Gasteiger partial charge in [-0.1, -0.05) is 0 Å². The van der Waals surface area contributed by atoms with Gasteiger partial charge in [0, 0.05) is 18.7 Å². The van der Waals surface area contributed by atoms with Crippen molar-refractivity contribution in [2.24, 2.45) is 0 Å². The number of rotatable bonds is 9. The van der Waals surface area contributed by atoms with E-state index in [1.54, 1.807) is 12.1 Å². The standard InChI is InChI=1S/C12H18N2O3S/c1-18-10-2-7-13-8-9-17-12-5-3-11(4-6-12)14(15)16/h3-6,13H,2,7-10H2,1H3. The molecule has 0 amide bonds. The Morgan fingerprint density at radius 2 is 2.06 bits per heavy atom. The molecule has 0 fully saturated rings. The third kappa shape index (κ3) is 5.88. The van der Waals surface area contributed by atoms with Crippen molar-refractivity contribution in [1.82, 2.24) is 5.32 Å². The topological polar surface area (TPSA) is 64.4 Å². The van der Waals surface area contributed by atoms with E-state index in [4.69, 9.17) is 4.74 Å². The average molecular weight is 270 g/mol. The molecule has 0 aliphatic rings. The van der Waals surface area contributed by atoms with Crippen LogP contribution in [0, 0.1) is 10.1 Å². The van der Waals surface area contributed by atoms with Crippen LogP contribution in [0.5, 0.6) is 5.75 Å². The van der Waals surface area contributed by atoms with Gasteiger partial charge in [0.2, 0.25) is 0 Å². The zero-order valence-electron chi connectivity index (χ0n) is 10.4. The molecule has 6 heteroatoms. The van der Waals surface area contributed by atoms with E-state index in [1.807, 2.05) is 11.8 Å². The van der Waals surface area contributed by atoms with Gasteiger partial charge >= 0.3 is 0 Å². The SMILES string of the molecule is CSCCCNCCOc1ccc([N+](=O)[O-])cc1. The maximum atomic E-state index is 10.5. The molecule has 1 aromatic carbocycles. The fourth-order valence-corrected chi connectivity index (χ4v) is 1.80. The van der Waals surface area contributed by atoms with Crippen molar-refractivity contribution in [3.63, 3.8) is 0 Å². The number of nitrogens with zero attached hydrogens (tertiary/aromatic N) is 1. The monoisotopic (exact) mass is 270 g/mol. The first-order valence-electron chi connectivity index (χ1n) is 5.81. The second-order valence-corrected chi connectivity index (χ2v) is 4.68. The summed E-state index contributed by atoms with van der Waals surface area (Å²) >= 11 is 1.84. The lowest BCUT2D eigenvalue weighted by atomic mass is 10.3. The largest absolute Gasteiger partial charge is 0.492 e. The molecule has 18 heavy (non-hydrogen) atoms. The highest BCUT2D eigenvalue weighted by Gasteiger charge is 2.03. The van der Waals surface area contributed by atoms with Gasteiger partial charge < -0.3 is 10.1 Å². The number of benzene rings is 1. The smallest absolute Gasteiger partial charge is 0.269 e. The Morgan fingerprint density at radius 1 is 1.33 bits per heavy atom. The van der Waals surface area contributed by atoms with E-state index in [-0.39, 0.29) is 5.69 Å². The molecule has 0 saturated heterocycles. The zero-order valence-corrected chi connectivity index (χ0v) is 11.2. The van der Waals surface area contributed by atoms with Gasteiger partial charge in [0.05, 0.1) is 4.92 Å². The number of nitro groups is 1. The summed E-state index contributed by atoms with van der Waals surface area (Å²) < 4.78 is 5.46. The quantitative estimate of drug-likeness (QED) is 0.424. The minimum Gasteiger partial charge on any atom is -0.492 e. The van der Waals surface area contributed by atoms with Crippen LogP contribution in [-0.2, 0) is 0 Å². The second kappa shape index (κ2) is 8.77. The summed E-state index contributed by atoms with van der Waals surface area (Å²) in [5.41, 5.74) is 0.0811. The van der Waals surface area contributed by atoms with Crippen LogP contribution in [0.3, 0.4) is 0 Å². The fraction of sp³-hybridized carbons (Fsp3) is 0.500. The number of nitro benzene ring substituents is 1. The fourth-order valence-electron chi connectivity index (χ4n) is 1.37. The molecule has 0 heterocycles. The number of nitrogens with one attached hydrogen (secondary N) is 1. The molecule has 0 spiro atoms. The first-order chi connectivity index (χ1) is 8.74. The average Bonchev–Trinajstić information content (AvgIpc) is 2.38. The molecule has 0 bridgehead atoms. The van der Waals surface area contributed by atoms with Crippen LogP contribution >= 0.6 is 11.8 Å². The minimum absolute atomic E-state index is 0.0811. The van der Waals surface area contributed by atoms with Crippen LogP contribution < -0.4 is 10.1 Å². The summed E-state index contributed by atoms with van der Waals surface area (Å²) in [7, 11) is 0. The van der Waals surface area contributed by atoms with Crippen molar-refractivity contribution in [2.45, 2.75) is 6.42 Å². The summed E-state index contributed by atoms with van der Waals surface area (Å²) in [5, 5.41) is 13.7. The Morgan fingerprint density at radius 3 is 2.67 bits per heavy atom. The number of ether oxygens (including phenoxy) is 1. The molecule has 0 aliphatic carbocycles. The van der Waals surface area contributed by atoms with Crippen LogP contribution in [0.25, 0.3) is 0 Å². The lowest BCUT2D eigenvalue weighted by Crippen LogP contribution is -2.22. The predicted molar refractivity (Wildman–Crippen MR) is 74.5 cm³/mol. The summed E-state index contributed by atoms with van der Waals surface area (Å²) in [4.78, 5) is 10.0. The van der Waals surface area contributed by atoms with E-state index in [9.17, 15) is 10.1 Å². The molecule has 1 aromatic rings. The van der Waals surface area contributed by atoms with E-state index in [0.717, 1.165) is 25.3 Å². The lowest BCUT2D eigenvalue weighted by Gasteiger charge is -2.07. The van der Waals surface area contributed by atoms with Crippen molar-refractivity contribution >= 4 is 17.4 Å². The molecule has 100 valence electrons. The normalized spacial score (nSPS) is 10.3. The third-order valence-electron chi connectivity index (χ3n) is 2.30. The number of hydrogen-bond acceptors (Lipinski definition) is 5. The first kappa shape index (κ1) is 14.8. The van der Waals surface area contributed by atoms with Crippen LogP contribution in [0.4, 0.5) is 5.69 Å². The highest BCUT2D eigenvalue weighted by Crippen LogP contribution is 2.16. The van der Waals surface area contributed by atoms with Crippen molar-refractivity contribution in [3.05, 3.63) is 34.4 Å². The number of non-ortho nitro benzene ring substituents is 1. The molecular weight excluding hydrogens is 252 g/mol. The highest BCUT2D eigenvalue weighted by molar-refractivity contribution is 7.98. The molecule has 0 aliphatic heterocycles. The van der Waals surface area contributed by atoms with Crippen LogP contribution in [0.1, 0.15) is 6.42 Å². The third-order valence-corrected chi connectivity index (χ3v) is 2.99. The van der Waals surface area contributed by atoms with Crippen LogP contribution in [-0.4, -0.2) is 36.6 Å². The van der Waals surface area contributed by atoms with Gasteiger partial charge in [0.15, 0.2) is 0 Å². The lowest BCUT2D eigenvalue weighted by molar-refractivity contribution is -0.384. The highest BCUT2D eigenvalue weighted by atomic mass is 32.2. The molecule has 5 nitrogen and oxygen atoms in total. The van der Waals surface area contributed by atoms with E-state index in [0.29, 0.717) is 12.4 Å². The number of hydrogen-bond donors (Lipinski definition) is 1. The van der Waals surface area contributed by atoms with Gasteiger partial charge in [-0.2, -0.15) is 11.8 Å². The van der Waals surface area contributed by atoms with Crippen molar-refractivity contribution in [1.29, 1.82) is 0 Å². The van der Waals surface area contributed by atoms with Crippen molar-refractivity contribution in [3.8, 4) is 5.75 Å². The van der Waals surface area contributed by atoms with Crippen LogP contribution in [0.2, 0.25) is 0 Å². The van der Waals surface area contributed by atoms with Gasteiger partial charge in [0.25, 0.3) is 5.69 Å². The zero-order chi connectivity index (χ0) is 13.2. The molecule has 0 aromatic heterocycles. The van der Waals surface area contributed by atoms with Crippen molar-refractivity contribution < 1.29 is 9.66 Å². The summed E-state index contributed by atoms with van der Waals surface area (Å²) in [5.74, 6) is 1.82. The van der Waals surface area contributed by atoms with Gasteiger partial charge in [-0.05, 0) is 37.1 Å². The first-order valence-corrected chi connectivity index (χ1v) is 7.20. The predicted octanol–water partition coefficient (Wildman–Crippen LogP) is 2.32. The maximum absolute atomic E-state index is 10.5. The Bertz CT molecular complexity index is 357. The van der Waals surface area contributed by atoms with Gasteiger partial charge in [0.1, 0.15) is 12.4 Å². The van der Waals surface area contributed by atoms with Gasteiger partial charge in [-0.3, -0.25) is 10.1 Å². The summed E-state index contributed by atoms with van der Waals surface area (Å²) in [6.07, 6.45) is 3.25. The Hall–Kier alpha value is -1.27. The minimum atomic E-state index is -0.420. The molecule has 0 saturated carbocycles. The van der Waals surface area contributed by atoms with Gasteiger partial charge in [-0.25, -0.2) is 0 Å². The van der Waals surface area contributed by atoms with E-state index < -0.39 is 4.92 Å². The van der Waals surface area contributed by atoms with Gasteiger partial charge in [-0.15, -0.1) is 0 Å². The Labute approximate surface area is 111 Å². The summed E-state index contributed by atoms with van der Waals surface area (Å²) in [6.45, 7) is 2.34. The van der Waals surface area contributed by atoms with E-state index >= 15 is 0 Å². The molecule has 0 radical (unpaired) electrons. The Balaban J connectivity index is 2.14. The summed E-state index contributed by atoms with van der Waals surface area (Å²) in [6, 6.07) is 6.13. The van der Waals surface area contributed by atoms with E-state index in [2.05, 4.69) is 11.6 Å². The number of thioether (sulfide) groups is 1. The maximum Gasteiger partial charge on any atom is 0.269 e. The molecule has 0 unspecified atom stereocenters. The molecule has 1 N–H and O–H groups in total. The van der Waals surface area contributed by atoms with E-state index in [1.165, 1.54) is 12.1 Å². The molecule has 1 rings (SSSR count). The second-order valence-electron chi connectivity index (χ2n) is 3.70. The van der Waals surface area contributed by atoms with Crippen LogP contribution in [0.15, 0.2) is 24.3 Å². The van der Waals surface area contributed by atoms with Crippen molar-refractivity contribution in [2.75, 3.05) is 31.7 Å². The molecular formula is C12H18N2O3S. The Kier molecular flexibility index (Phi) is 7.20. The molecule has 0 atom stereocenters.